The Morgan fingerprint density at radius 1 is 1.19 bits per heavy atom. The number of halogens is 1. The minimum absolute atomic E-state index is 0.0272. The molecule has 2 N–H and O–H groups in total. The minimum atomic E-state index is -0.436. The van der Waals surface area contributed by atoms with Crippen molar-refractivity contribution in [1.82, 2.24) is 4.90 Å². The van der Waals surface area contributed by atoms with E-state index in [1.165, 1.54) is 14.2 Å². The number of hydrogen-bond donors (Lipinski definition) is 1. The Balaban J connectivity index is 2.83. The topological polar surface area (TPSA) is 81.9 Å². The quantitative estimate of drug-likeness (QED) is 0.755. The zero-order valence-electron chi connectivity index (χ0n) is 12.1. The molecule has 0 aliphatic heterocycles. The molecule has 0 atom stereocenters. The summed E-state index contributed by atoms with van der Waals surface area (Å²) in [5, 5.41) is 0.540. The van der Waals surface area contributed by atoms with Crippen LogP contribution in [0.2, 0.25) is 5.02 Å². The zero-order chi connectivity index (χ0) is 15.8. The van der Waals surface area contributed by atoms with Gasteiger partial charge in [-0.15, -0.1) is 0 Å². The highest BCUT2D eigenvalue weighted by Gasteiger charge is 2.17. The van der Waals surface area contributed by atoms with Crippen LogP contribution in [-0.4, -0.2) is 44.1 Å². The summed E-state index contributed by atoms with van der Waals surface area (Å²) in [6, 6.07) is 5.45. The van der Waals surface area contributed by atoms with Crippen molar-refractivity contribution in [1.29, 1.82) is 0 Å². The molecule has 1 aromatic rings. The van der Waals surface area contributed by atoms with Crippen molar-refractivity contribution in [3.63, 3.8) is 0 Å². The van der Waals surface area contributed by atoms with Crippen molar-refractivity contribution in [2.75, 3.05) is 27.3 Å². The molecule has 0 heterocycles. The molecule has 0 radical (unpaired) electrons. The molecule has 6 nitrogen and oxygen atoms in total. The number of nitrogens with two attached hydrogens (primary N) is 1. The lowest BCUT2D eigenvalue weighted by Crippen LogP contribution is -2.35. The van der Waals surface area contributed by atoms with Crippen LogP contribution < -0.4 is 5.73 Å². The summed E-state index contributed by atoms with van der Waals surface area (Å²) < 4.78 is 9.24. The van der Waals surface area contributed by atoms with E-state index in [9.17, 15) is 9.59 Å². The standard InChI is InChI=1S/C14H19ClN2O4/c1-20-13(18)8-17(9-14(19)21-2)7-11-4-3-10(6-16)5-12(11)15/h3-5H,6-9,16H2,1-2H3. The van der Waals surface area contributed by atoms with E-state index < -0.39 is 11.9 Å². The normalized spacial score (nSPS) is 10.5. The van der Waals surface area contributed by atoms with Crippen molar-refractivity contribution in [3.05, 3.63) is 34.3 Å². The molecule has 0 fully saturated rings. The lowest BCUT2D eigenvalue weighted by molar-refractivity contribution is -0.145. The molecule has 116 valence electrons. The number of rotatable bonds is 7. The molecule has 7 heteroatoms. The van der Waals surface area contributed by atoms with Gasteiger partial charge in [0, 0.05) is 18.1 Å². The molecule has 0 saturated carbocycles. The number of carbonyl (C=O) groups excluding carboxylic acids is 2. The Hall–Kier alpha value is -1.63. The Labute approximate surface area is 128 Å². The summed E-state index contributed by atoms with van der Waals surface area (Å²) in [6.45, 7) is 0.670. The van der Waals surface area contributed by atoms with E-state index in [4.69, 9.17) is 17.3 Å². The molecular formula is C14H19ClN2O4. The fourth-order valence-electron chi connectivity index (χ4n) is 1.75. The second-order valence-corrected chi connectivity index (χ2v) is 4.83. The maximum atomic E-state index is 11.4. The highest BCUT2D eigenvalue weighted by molar-refractivity contribution is 6.31. The van der Waals surface area contributed by atoms with Crippen molar-refractivity contribution < 1.29 is 19.1 Å². The fraction of sp³-hybridized carbons (Fsp3) is 0.429. The minimum Gasteiger partial charge on any atom is -0.468 e. The maximum absolute atomic E-state index is 11.4. The molecular weight excluding hydrogens is 296 g/mol. The van der Waals surface area contributed by atoms with E-state index in [2.05, 4.69) is 9.47 Å². The molecule has 21 heavy (non-hydrogen) atoms. The average molecular weight is 315 g/mol. The second-order valence-electron chi connectivity index (χ2n) is 4.43. The van der Waals surface area contributed by atoms with Crippen LogP contribution in [0.15, 0.2) is 18.2 Å². The third kappa shape index (κ3) is 5.71. The van der Waals surface area contributed by atoms with Gasteiger partial charge >= 0.3 is 11.9 Å². The van der Waals surface area contributed by atoms with Crippen molar-refractivity contribution in [2.45, 2.75) is 13.1 Å². The molecule has 0 aromatic heterocycles. The van der Waals surface area contributed by atoms with Gasteiger partial charge in [0.15, 0.2) is 0 Å². The van der Waals surface area contributed by atoms with E-state index in [0.29, 0.717) is 18.1 Å². The van der Waals surface area contributed by atoms with Gasteiger partial charge in [-0.2, -0.15) is 0 Å². The summed E-state index contributed by atoms with van der Waals surface area (Å²) in [5.41, 5.74) is 7.25. The first-order valence-electron chi connectivity index (χ1n) is 6.33. The molecule has 1 aromatic carbocycles. The number of hydrogen-bond acceptors (Lipinski definition) is 6. The van der Waals surface area contributed by atoms with Gasteiger partial charge in [-0.05, 0) is 17.2 Å². The Kier molecular flexibility index (Phi) is 7.14. The molecule has 0 amide bonds. The van der Waals surface area contributed by atoms with Crippen LogP contribution in [0.3, 0.4) is 0 Å². The van der Waals surface area contributed by atoms with Crippen molar-refractivity contribution in [3.8, 4) is 0 Å². The number of carbonyl (C=O) groups is 2. The maximum Gasteiger partial charge on any atom is 0.319 e. The lowest BCUT2D eigenvalue weighted by atomic mass is 10.1. The number of ether oxygens (including phenoxy) is 2. The van der Waals surface area contributed by atoms with Gasteiger partial charge in [-0.3, -0.25) is 14.5 Å². The SMILES string of the molecule is COC(=O)CN(CC(=O)OC)Cc1ccc(CN)cc1Cl. The van der Waals surface area contributed by atoms with Crippen LogP contribution in [0, 0.1) is 0 Å². The van der Waals surface area contributed by atoms with Crippen molar-refractivity contribution in [2.24, 2.45) is 5.73 Å². The highest BCUT2D eigenvalue weighted by atomic mass is 35.5. The Morgan fingerprint density at radius 3 is 2.19 bits per heavy atom. The molecule has 0 unspecified atom stereocenters. The van der Waals surface area contributed by atoms with E-state index >= 15 is 0 Å². The highest BCUT2D eigenvalue weighted by Crippen LogP contribution is 2.19. The first-order valence-corrected chi connectivity index (χ1v) is 6.71. The van der Waals surface area contributed by atoms with Gasteiger partial charge in [0.1, 0.15) is 0 Å². The lowest BCUT2D eigenvalue weighted by Gasteiger charge is -2.20. The van der Waals surface area contributed by atoms with Gasteiger partial charge in [0.2, 0.25) is 0 Å². The van der Waals surface area contributed by atoms with Crippen LogP contribution in [0.1, 0.15) is 11.1 Å². The summed E-state index contributed by atoms with van der Waals surface area (Å²) in [6.07, 6.45) is 0. The number of benzene rings is 1. The van der Waals surface area contributed by atoms with Gasteiger partial charge in [0.05, 0.1) is 27.3 Å². The number of nitrogens with zero attached hydrogens (tertiary/aromatic N) is 1. The molecule has 0 bridgehead atoms. The van der Waals surface area contributed by atoms with Crippen LogP contribution in [0.5, 0.6) is 0 Å². The average Bonchev–Trinajstić information content (AvgIpc) is 2.48. The third-order valence-electron chi connectivity index (χ3n) is 2.91. The smallest absolute Gasteiger partial charge is 0.319 e. The Morgan fingerprint density at radius 2 is 1.76 bits per heavy atom. The first-order chi connectivity index (χ1) is 9.99. The second kappa shape index (κ2) is 8.61. The van der Waals surface area contributed by atoms with Gasteiger partial charge in [-0.25, -0.2) is 0 Å². The third-order valence-corrected chi connectivity index (χ3v) is 3.26. The molecule has 0 spiro atoms. The van der Waals surface area contributed by atoms with Gasteiger partial charge in [0.25, 0.3) is 0 Å². The molecule has 0 aliphatic carbocycles. The van der Waals surface area contributed by atoms with Gasteiger partial charge < -0.3 is 15.2 Å². The Bertz CT molecular complexity index is 490. The number of methoxy groups -OCH3 is 2. The number of esters is 2. The summed E-state index contributed by atoms with van der Waals surface area (Å²) in [7, 11) is 2.59. The monoisotopic (exact) mass is 314 g/mol. The summed E-state index contributed by atoms with van der Waals surface area (Å²) in [5.74, 6) is -0.873. The summed E-state index contributed by atoms with van der Waals surface area (Å²) in [4.78, 5) is 24.4. The fourth-order valence-corrected chi connectivity index (χ4v) is 2.01. The van der Waals surface area contributed by atoms with E-state index in [-0.39, 0.29) is 13.1 Å². The van der Waals surface area contributed by atoms with Crippen LogP contribution in [0.4, 0.5) is 0 Å². The largest absolute Gasteiger partial charge is 0.468 e. The molecule has 1 rings (SSSR count). The van der Waals surface area contributed by atoms with E-state index in [1.807, 2.05) is 12.1 Å². The predicted octanol–water partition coefficient (Wildman–Crippen LogP) is 0.947. The van der Waals surface area contributed by atoms with Crippen LogP contribution in [-0.2, 0) is 32.2 Å². The van der Waals surface area contributed by atoms with E-state index in [1.54, 1.807) is 11.0 Å². The zero-order valence-corrected chi connectivity index (χ0v) is 12.9. The van der Waals surface area contributed by atoms with Crippen LogP contribution >= 0.6 is 11.6 Å². The van der Waals surface area contributed by atoms with Crippen LogP contribution in [0.25, 0.3) is 0 Å². The van der Waals surface area contributed by atoms with E-state index in [0.717, 1.165) is 11.1 Å². The first kappa shape index (κ1) is 17.4. The predicted molar refractivity (Wildman–Crippen MR) is 78.7 cm³/mol. The van der Waals surface area contributed by atoms with Crippen molar-refractivity contribution >= 4 is 23.5 Å². The molecule has 0 saturated heterocycles. The van der Waals surface area contributed by atoms with Gasteiger partial charge in [-0.1, -0.05) is 23.7 Å². The summed E-state index contributed by atoms with van der Waals surface area (Å²) >= 11 is 6.18. The molecule has 0 aliphatic rings.